The number of carbonyl (C=O) groups is 2. The Morgan fingerprint density at radius 1 is 1.10 bits per heavy atom. The fourth-order valence-corrected chi connectivity index (χ4v) is 4.14. The highest BCUT2D eigenvalue weighted by molar-refractivity contribution is 6.01. The zero-order valence-corrected chi connectivity index (χ0v) is 17.3. The van der Waals surface area contributed by atoms with Gasteiger partial charge < -0.3 is 20.1 Å². The Kier molecular flexibility index (Phi) is 5.77. The number of aliphatic hydroxyl groups excluding tert-OH is 1. The number of hydrogen-bond donors (Lipinski definition) is 2. The third-order valence-electron chi connectivity index (χ3n) is 6.19. The molecule has 6 nitrogen and oxygen atoms in total. The summed E-state index contributed by atoms with van der Waals surface area (Å²) in [7, 11) is 1.62. The second-order valence-electron chi connectivity index (χ2n) is 8.22. The summed E-state index contributed by atoms with van der Waals surface area (Å²) in [5.41, 5.74) is 2.03. The van der Waals surface area contributed by atoms with E-state index in [1.165, 1.54) is 0 Å². The molecule has 1 aliphatic carbocycles. The van der Waals surface area contributed by atoms with Gasteiger partial charge in [0.15, 0.2) is 0 Å². The highest BCUT2D eigenvalue weighted by atomic mass is 16.5. The zero-order chi connectivity index (χ0) is 21.1. The molecule has 1 heterocycles. The quantitative estimate of drug-likeness (QED) is 0.770. The van der Waals surface area contributed by atoms with Crippen LogP contribution in [0.5, 0.6) is 5.75 Å². The van der Waals surface area contributed by atoms with Gasteiger partial charge in [0.2, 0.25) is 11.8 Å². The highest BCUT2D eigenvalue weighted by Crippen LogP contribution is 2.51. The molecule has 2 fully saturated rings. The number of rotatable bonds is 6. The van der Waals surface area contributed by atoms with Gasteiger partial charge in [0.1, 0.15) is 5.75 Å². The summed E-state index contributed by atoms with van der Waals surface area (Å²) in [4.78, 5) is 27.3. The number of anilines is 1. The molecule has 1 aliphatic heterocycles. The average Bonchev–Trinajstić information content (AvgIpc) is 3.57. The number of amides is 2. The van der Waals surface area contributed by atoms with E-state index < -0.39 is 5.41 Å². The van der Waals surface area contributed by atoms with Crippen molar-refractivity contribution in [2.24, 2.45) is 0 Å². The fraction of sp³-hybridized carbons (Fsp3) is 0.417. The summed E-state index contributed by atoms with van der Waals surface area (Å²) in [5, 5.41) is 12.6. The maximum absolute atomic E-state index is 13.0. The monoisotopic (exact) mass is 408 g/mol. The Hall–Kier alpha value is -2.86. The molecule has 0 unspecified atom stereocenters. The predicted octanol–water partition coefficient (Wildman–Crippen LogP) is 2.89. The van der Waals surface area contributed by atoms with Crippen molar-refractivity contribution in [3.05, 3.63) is 59.7 Å². The number of nitrogens with one attached hydrogen (secondary N) is 1. The topological polar surface area (TPSA) is 78.9 Å². The third-order valence-corrected chi connectivity index (χ3v) is 6.19. The van der Waals surface area contributed by atoms with Crippen molar-refractivity contribution in [3.63, 3.8) is 0 Å². The number of aliphatic hydroxyl groups is 1. The van der Waals surface area contributed by atoms with Gasteiger partial charge in [-0.3, -0.25) is 9.59 Å². The second kappa shape index (κ2) is 8.48. The van der Waals surface area contributed by atoms with Crippen molar-refractivity contribution < 1.29 is 19.4 Å². The minimum Gasteiger partial charge on any atom is -0.496 e. The summed E-state index contributed by atoms with van der Waals surface area (Å²) in [5.74, 6) is 0.790. The lowest BCUT2D eigenvalue weighted by Gasteiger charge is -2.29. The predicted molar refractivity (Wildman–Crippen MR) is 115 cm³/mol. The molecule has 2 aromatic rings. The van der Waals surface area contributed by atoms with Crippen molar-refractivity contribution in [1.29, 1.82) is 0 Å². The van der Waals surface area contributed by atoms with Gasteiger partial charge in [0.05, 0.1) is 25.0 Å². The SMILES string of the molecule is COc1ccccc1C1(C(=O)Nc2ccc(CC(=O)N3CCC(O)CC3)cc2)CC1. The molecule has 0 bridgehead atoms. The van der Waals surface area contributed by atoms with Crippen molar-refractivity contribution in [2.45, 2.75) is 43.6 Å². The molecule has 2 N–H and O–H groups in total. The van der Waals surface area contributed by atoms with E-state index in [0.29, 0.717) is 32.4 Å². The van der Waals surface area contributed by atoms with E-state index in [1.54, 1.807) is 7.11 Å². The first-order valence-corrected chi connectivity index (χ1v) is 10.5. The van der Waals surface area contributed by atoms with Crippen molar-refractivity contribution in [1.82, 2.24) is 4.90 Å². The number of likely N-dealkylation sites (tertiary alicyclic amines) is 1. The van der Waals surface area contributed by atoms with Crippen LogP contribution in [0.3, 0.4) is 0 Å². The lowest BCUT2D eigenvalue weighted by atomic mass is 9.93. The smallest absolute Gasteiger partial charge is 0.235 e. The number of piperidine rings is 1. The van der Waals surface area contributed by atoms with Crippen LogP contribution < -0.4 is 10.1 Å². The van der Waals surface area contributed by atoms with Gasteiger partial charge in [0, 0.05) is 24.3 Å². The molecule has 4 rings (SSSR count). The molecular weight excluding hydrogens is 380 g/mol. The molecule has 158 valence electrons. The first kappa shape index (κ1) is 20.4. The minimum absolute atomic E-state index is 0.0253. The Balaban J connectivity index is 1.38. The van der Waals surface area contributed by atoms with Crippen LogP contribution in [0.1, 0.15) is 36.8 Å². The van der Waals surface area contributed by atoms with E-state index in [1.807, 2.05) is 53.4 Å². The Labute approximate surface area is 176 Å². The van der Waals surface area contributed by atoms with E-state index in [0.717, 1.165) is 35.4 Å². The van der Waals surface area contributed by atoms with Gasteiger partial charge in [-0.2, -0.15) is 0 Å². The minimum atomic E-state index is -0.528. The van der Waals surface area contributed by atoms with Crippen LogP contribution in [0.2, 0.25) is 0 Å². The summed E-state index contributed by atoms with van der Waals surface area (Å²) in [6.07, 6.45) is 2.93. The van der Waals surface area contributed by atoms with Crippen LogP contribution in [0.25, 0.3) is 0 Å². The zero-order valence-electron chi connectivity index (χ0n) is 17.3. The summed E-state index contributed by atoms with van der Waals surface area (Å²) >= 11 is 0. The van der Waals surface area contributed by atoms with Gasteiger partial charge in [0.25, 0.3) is 0 Å². The number of ether oxygens (including phenoxy) is 1. The molecule has 2 amide bonds. The van der Waals surface area contributed by atoms with Gasteiger partial charge in [-0.15, -0.1) is 0 Å². The van der Waals surface area contributed by atoms with Gasteiger partial charge in [-0.25, -0.2) is 0 Å². The standard InChI is InChI=1S/C24H28N2O4/c1-30-21-5-3-2-4-20(21)24(12-13-24)23(29)25-18-8-6-17(7-9-18)16-22(28)26-14-10-19(27)11-15-26/h2-9,19,27H,10-16H2,1H3,(H,25,29). The van der Waals surface area contributed by atoms with Crippen LogP contribution >= 0.6 is 0 Å². The molecule has 0 aromatic heterocycles. The molecule has 1 saturated carbocycles. The second-order valence-corrected chi connectivity index (χ2v) is 8.22. The number of benzene rings is 2. The summed E-state index contributed by atoms with van der Waals surface area (Å²) < 4.78 is 5.45. The Bertz CT molecular complexity index is 913. The normalized spacial score (nSPS) is 18.0. The molecule has 0 spiro atoms. The van der Waals surface area contributed by atoms with E-state index >= 15 is 0 Å². The lowest BCUT2D eigenvalue weighted by Crippen LogP contribution is -2.40. The summed E-state index contributed by atoms with van der Waals surface area (Å²) in [6, 6.07) is 15.1. The Morgan fingerprint density at radius 2 is 1.77 bits per heavy atom. The maximum Gasteiger partial charge on any atom is 0.235 e. The number of methoxy groups -OCH3 is 1. The Morgan fingerprint density at radius 3 is 2.40 bits per heavy atom. The molecule has 0 radical (unpaired) electrons. The van der Waals surface area contributed by atoms with E-state index in [2.05, 4.69) is 5.32 Å². The van der Waals surface area contributed by atoms with Crippen molar-refractivity contribution in [3.8, 4) is 5.75 Å². The highest BCUT2D eigenvalue weighted by Gasteiger charge is 2.52. The largest absolute Gasteiger partial charge is 0.496 e. The molecule has 30 heavy (non-hydrogen) atoms. The summed E-state index contributed by atoms with van der Waals surface area (Å²) in [6.45, 7) is 1.22. The van der Waals surface area contributed by atoms with Crippen LogP contribution in [-0.4, -0.2) is 48.1 Å². The average molecular weight is 408 g/mol. The molecule has 6 heteroatoms. The van der Waals surface area contributed by atoms with Crippen LogP contribution in [0.4, 0.5) is 5.69 Å². The van der Waals surface area contributed by atoms with Gasteiger partial charge in [-0.1, -0.05) is 30.3 Å². The maximum atomic E-state index is 13.0. The van der Waals surface area contributed by atoms with Gasteiger partial charge in [-0.05, 0) is 49.4 Å². The third kappa shape index (κ3) is 4.19. The molecule has 2 aromatic carbocycles. The van der Waals surface area contributed by atoms with E-state index in [-0.39, 0.29) is 17.9 Å². The lowest BCUT2D eigenvalue weighted by molar-refractivity contribution is -0.132. The number of nitrogens with zero attached hydrogens (tertiary/aromatic N) is 1. The van der Waals surface area contributed by atoms with Crippen LogP contribution in [0.15, 0.2) is 48.5 Å². The van der Waals surface area contributed by atoms with Crippen LogP contribution in [0, 0.1) is 0 Å². The molecule has 1 saturated heterocycles. The van der Waals surface area contributed by atoms with Crippen LogP contribution in [-0.2, 0) is 21.4 Å². The van der Waals surface area contributed by atoms with Crippen molar-refractivity contribution in [2.75, 3.05) is 25.5 Å². The van der Waals surface area contributed by atoms with Crippen molar-refractivity contribution >= 4 is 17.5 Å². The molecule has 0 atom stereocenters. The number of hydrogen-bond acceptors (Lipinski definition) is 4. The molecular formula is C24H28N2O4. The first-order chi connectivity index (χ1) is 14.5. The van der Waals surface area contributed by atoms with E-state index in [9.17, 15) is 14.7 Å². The number of para-hydroxylation sites is 1. The first-order valence-electron chi connectivity index (χ1n) is 10.5. The van der Waals surface area contributed by atoms with E-state index in [4.69, 9.17) is 4.74 Å². The fourth-order valence-electron chi connectivity index (χ4n) is 4.14. The molecule has 2 aliphatic rings. The van der Waals surface area contributed by atoms with Gasteiger partial charge >= 0.3 is 0 Å². The number of carbonyl (C=O) groups excluding carboxylic acids is 2.